The number of aliphatic hydroxyl groups excluding tert-OH is 1. The van der Waals surface area contributed by atoms with Gasteiger partial charge in [-0.05, 0) is 44.4 Å². The van der Waals surface area contributed by atoms with Crippen LogP contribution in [0.15, 0.2) is 24.3 Å². The summed E-state index contributed by atoms with van der Waals surface area (Å²) in [4.78, 5) is 11.9. The molecule has 0 saturated heterocycles. The Morgan fingerprint density at radius 1 is 1.37 bits per heavy atom. The summed E-state index contributed by atoms with van der Waals surface area (Å²) in [6, 6.07) is 7.55. The lowest BCUT2D eigenvalue weighted by Crippen LogP contribution is -2.46. The number of rotatable bonds is 5. The molecule has 0 unspecified atom stereocenters. The lowest BCUT2D eigenvalue weighted by atomic mass is 9.89. The molecule has 19 heavy (non-hydrogen) atoms. The molecule has 0 radical (unpaired) electrons. The predicted octanol–water partition coefficient (Wildman–Crippen LogP) is 1.86. The molecule has 0 aliphatic heterocycles. The fourth-order valence-corrected chi connectivity index (χ4v) is 1.99. The second-order valence-corrected chi connectivity index (χ2v) is 5.35. The maximum absolute atomic E-state index is 11.9. The van der Waals surface area contributed by atoms with Crippen LogP contribution in [0.5, 0.6) is 0 Å². The summed E-state index contributed by atoms with van der Waals surface area (Å²) >= 11 is 0. The van der Waals surface area contributed by atoms with Gasteiger partial charge in [-0.15, -0.1) is 0 Å². The van der Waals surface area contributed by atoms with E-state index in [0.717, 1.165) is 5.56 Å². The third-order valence-electron chi connectivity index (χ3n) is 3.25. The molecule has 4 heteroatoms. The Morgan fingerprint density at radius 2 is 2.00 bits per heavy atom. The number of ether oxygens (including phenoxy) is 1. The summed E-state index contributed by atoms with van der Waals surface area (Å²) in [6.07, 6.45) is 1.27. The Morgan fingerprint density at radius 3 is 2.53 bits per heavy atom. The van der Waals surface area contributed by atoms with Crippen molar-refractivity contribution < 1.29 is 14.6 Å². The Labute approximate surface area is 113 Å². The van der Waals surface area contributed by atoms with Crippen molar-refractivity contribution in [3.05, 3.63) is 35.4 Å². The van der Waals surface area contributed by atoms with E-state index in [1.807, 2.05) is 38.1 Å². The van der Waals surface area contributed by atoms with Gasteiger partial charge in [0.1, 0.15) is 0 Å². The maximum Gasteiger partial charge on any atom is 0.251 e. The van der Waals surface area contributed by atoms with E-state index in [4.69, 9.17) is 4.74 Å². The van der Waals surface area contributed by atoms with Gasteiger partial charge in [0.15, 0.2) is 0 Å². The maximum atomic E-state index is 11.9. The zero-order chi connectivity index (χ0) is 13.8. The monoisotopic (exact) mass is 263 g/mol. The molecule has 0 spiro atoms. The van der Waals surface area contributed by atoms with Crippen LogP contribution in [0, 0.1) is 0 Å². The summed E-state index contributed by atoms with van der Waals surface area (Å²) < 4.78 is 5.50. The highest BCUT2D eigenvalue weighted by molar-refractivity contribution is 5.94. The number of carbonyl (C=O) groups is 1. The average Bonchev–Trinajstić information content (AvgIpc) is 2.35. The number of hydrogen-bond acceptors (Lipinski definition) is 3. The Kier molecular flexibility index (Phi) is 4.56. The van der Waals surface area contributed by atoms with E-state index in [1.54, 1.807) is 0 Å². The van der Waals surface area contributed by atoms with Crippen molar-refractivity contribution in [2.24, 2.45) is 0 Å². The van der Waals surface area contributed by atoms with Crippen molar-refractivity contribution in [3.8, 4) is 0 Å². The van der Waals surface area contributed by atoms with Crippen molar-refractivity contribution in [2.45, 2.75) is 51.5 Å². The van der Waals surface area contributed by atoms with Gasteiger partial charge in [-0.1, -0.05) is 12.1 Å². The van der Waals surface area contributed by atoms with Gasteiger partial charge < -0.3 is 15.2 Å². The van der Waals surface area contributed by atoms with Gasteiger partial charge in [0.25, 0.3) is 5.91 Å². The highest BCUT2D eigenvalue weighted by atomic mass is 16.5. The molecular weight excluding hydrogens is 242 g/mol. The van der Waals surface area contributed by atoms with Crippen LogP contribution in [-0.2, 0) is 11.3 Å². The van der Waals surface area contributed by atoms with Gasteiger partial charge in [0, 0.05) is 11.6 Å². The van der Waals surface area contributed by atoms with E-state index in [0.29, 0.717) is 25.0 Å². The first kappa shape index (κ1) is 14.0. The molecule has 104 valence electrons. The van der Waals surface area contributed by atoms with Crippen molar-refractivity contribution in [1.82, 2.24) is 5.32 Å². The van der Waals surface area contributed by atoms with E-state index in [1.165, 1.54) is 0 Å². The average molecular weight is 263 g/mol. The Hall–Kier alpha value is -1.39. The van der Waals surface area contributed by atoms with Gasteiger partial charge >= 0.3 is 0 Å². The molecule has 2 N–H and O–H groups in total. The number of amides is 1. The van der Waals surface area contributed by atoms with E-state index in [-0.39, 0.29) is 24.2 Å². The second-order valence-electron chi connectivity index (χ2n) is 5.35. The van der Waals surface area contributed by atoms with Crippen molar-refractivity contribution >= 4 is 5.91 Å². The molecule has 2 rings (SSSR count). The second kappa shape index (κ2) is 6.17. The number of nitrogens with one attached hydrogen (secondary N) is 1. The zero-order valence-electron chi connectivity index (χ0n) is 11.4. The smallest absolute Gasteiger partial charge is 0.251 e. The van der Waals surface area contributed by atoms with Crippen LogP contribution in [-0.4, -0.2) is 29.3 Å². The van der Waals surface area contributed by atoms with Crippen LogP contribution >= 0.6 is 0 Å². The molecule has 1 aliphatic rings. The molecule has 0 aromatic heterocycles. The number of benzene rings is 1. The lowest BCUT2D eigenvalue weighted by molar-refractivity contribution is 0.0562. The molecule has 0 atom stereocenters. The minimum atomic E-state index is -0.249. The number of hydrogen-bond donors (Lipinski definition) is 2. The quantitative estimate of drug-likeness (QED) is 0.852. The first-order valence-corrected chi connectivity index (χ1v) is 6.74. The van der Waals surface area contributed by atoms with Gasteiger partial charge in [0.2, 0.25) is 0 Å². The van der Waals surface area contributed by atoms with E-state index >= 15 is 0 Å². The molecule has 1 aromatic carbocycles. The predicted molar refractivity (Wildman–Crippen MR) is 72.9 cm³/mol. The molecule has 1 aromatic rings. The molecule has 1 amide bonds. The number of carbonyl (C=O) groups excluding carboxylic acids is 1. The van der Waals surface area contributed by atoms with Crippen LogP contribution in [0.25, 0.3) is 0 Å². The minimum absolute atomic E-state index is 0.0757. The molecule has 0 bridgehead atoms. The molecule has 1 aliphatic carbocycles. The van der Waals surface area contributed by atoms with Crippen molar-refractivity contribution in [2.75, 3.05) is 0 Å². The summed E-state index contributed by atoms with van der Waals surface area (Å²) in [5.41, 5.74) is 1.71. The topological polar surface area (TPSA) is 58.6 Å². The summed E-state index contributed by atoms with van der Waals surface area (Å²) in [5, 5.41) is 12.1. The van der Waals surface area contributed by atoms with Gasteiger partial charge in [-0.25, -0.2) is 0 Å². The third-order valence-corrected chi connectivity index (χ3v) is 3.25. The first-order chi connectivity index (χ1) is 9.04. The van der Waals surface area contributed by atoms with Crippen molar-refractivity contribution in [3.63, 3.8) is 0 Å². The highest BCUT2D eigenvalue weighted by Crippen LogP contribution is 2.19. The van der Waals surface area contributed by atoms with E-state index in [9.17, 15) is 9.90 Å². The summed E-state index contributed by atoms with van der Waals surface area (Å²) in [6.45, 7) is 4.55. The molecule has 1 fully saturated rings. The van der Waals surface area contributed by atoms with Crippen molar-refractivity contribution in [1.29, 1.82) is 0 Å². The minimum Gasteiger partial charge on any atom is -0.393 e. The van der Waals surface area contributed by atoms with E-state index in [2.05, 4.69) is 5.32 Å². The highest BCUT2D eigenvalue weighted by Gasteiger charge is 2.28. The third kappa shape index (κ3) is 4.04. The lowest BCUT2D eigenvalue weighted by Gasteiger charge is -2.31. The standard InChI is InChI=1S/C15H21NO3/c1-10(2)19-9-11-3-5-12(6-4-11)15(18)16-13-7-14(17)8-13/h3-6,10,13-14,17H,7-9H2,1-2H3,(H,16,18). The van der Waals surface area contributed by atoms with Crippen LogP contribution in [0.2, 0.25) is 0 Å². The Balaban J connectivity index is 1.85. The molecular formula is C15H21NO3. The van der Waals surface area contributed by atoms with E-state index < -0.39 is 0 Å². The largest absolute Gasteiger partial charge is 0.393 e. The first-order valence-electron chi connectivity index (χ1n) is 6.74. The van der Waals surface area contributed by atoms with Gasteiger partial charge in [0.05, 0.1) is 18.8 Å². The molecule has 0 heterocycles. The fraction of sp³-hybridized carbons (Fsp3) is 0.533. The zero-order valence-corrected chi connectivity index (χ0v) is 11.4. The van der Waals surface area contributed by atoms with Crippen LogP contribution < -0.4 is 5.32 Å². The van der Waals surface area contributed by atoms with Crippen LogP contribution in [0.4, 0.5) is 0 Å². The summed E-state index contributed by atoms with van der Waals surface area (Å²) in [7, 11) is 0. The van der Waals surface area contributed by atoms with Crippen LogP contribution in [0.3, 0.4) is 0 Å². The van der Waals surface area contributed by atoms with Crippen LogP contribution in [0.1, 0.15) is 42.6 Å². The molecule has 1 saturated carbocycles. The van der Waals surface area contributed by atoms with Gasteiger partial charge in [-0.3, -0.25) is 4.79 Å². The summed E-state index contributed by atoms with van der Waals surface area (Å²) in [5.74, 6) is -0.0757. The number of aliphatic hydroxyl groups is 1. The SMILES string of the molecule is CC(C)OCc1ccc(C(=O)NC2CC(O)C2)cc1. The fourth-order valence-electron chi connectivity index (χ4n) is 1.99. The normalized spacial score (nSPS) is 22.1. The molecule has 4 nitrogen and oxygen atoms in total. The Bertz CT molecular complexity index is 422. The van der Waals surface area contributed by atoms with Gasteiger partial charge in [-0.2, -0.15) is 0 Å².